The quantitative estimate of drug-likeness (QED) is 0.794. The molecule has 21 heavy (non-hydrogen) atoms. The van der Waals surface area contributed by atoms with Crippen molar-refractivity contribution in [3.8, 4) is 0 Å². The largest absolute Gasteiger partial charge is 0.335 e. The van der Waals surface area contributed by atoms with Crippen LogP contribution in [0.1, 0.15) is 32.1 Å². The summed E-state index contributed by atoms with van der Waals surface area (Å²) in [7, 11) is -4.02. The van der Waals surface area contributed by atoms with Crippen molar-refractivity contribution < 1.29 is 17.6 Å². The van der Waals surface area contributed by atoms with Crippen molar-refractivity contribution in [1.29, 1.82) is 0 Å². The summed E-state index contributed by atoms with van der Waals surface area (Å²) in [5.74, 6) is -0.783. The minimum Gasteiger partial charge on any atom is -0.335 e. The Morgan fingerprint density at radius 1 is 1.19 bits per heavy atom. The predicted molar refractivity (Wildman–Crippen MR) is 76.8 cm³/mol. The maximum Gasteiger partial charge on any atom is 0.319 e. The predicted octanol–water partition coefficient (Wildman–Crippen LogP) is 1.93. The SMILES string of the molecule is NS(=O)(=O)c1cc(F)cc(NC(=O)NC2CCCCC2)c1. The third kappa shape index (κ3) is 4.68. The molecule has 1 saturated carbocycles. The zero-order chi connectivity index (χ0) is 15.5. The molecule has 0 aromatic heterocycles. The van der Waals surface area contributed by atoms with E-state index in [4.69, 9.17) is 5.14 Å². The Morgan fingerprint density at radius 2 is 1.86 bits per heavy atom. The van der Waals surface area contributed by atoms with Gasteiger partial charge < -0.3 is 10.6 Å². The molecule has 1 aliphatic rings. The van der Waals surface area contributed by atoms with Gasteiger partial charge in [0.1, 0.15) is 5.82 Å². The van der Waals surface area contributed by atoms with Gasteiger partial charge in [-0.25, -0.2) is 22.7 Å². The molecule has 2 amide bonds. The average molecular weight is 315 g/mol. The highest BCUT2D eigenvalue weighted by molar-refractivity contribution is 7.89. The number of sulfonamides is 1. The Kier molecular flexibility index (Phi) is 4.79. The van der Waals surface area contributed by atoms with Crippen LogP contribution in [0.4, 0.5) is 14.9 Å². The molecule has 0 saturated heterocycles. The van der Waals surface area contributed by atoms with Crippen LogP contribution in [0.3, 0.4) is 0 Å². The molecule has 4 N–H and O–H groups in total. The lowest BCUT2D eigenvalue weighted by Crippen LogP contribution is -2.39. The number of halogens is 1. The number of carbonyl (C=O) groups excluding carboxylic acids is 1. The van der Waals surface area contributed by atoms with Crippen molar-refractivity contribution in [1.82, 2.24) is 5.32 Å². The van der Waals surface area contributed by atoms with Crippen LogP contribution >= 0.6 is 0 Å². The molecule has 8 heteroatoms. The van der Waals surface area contributed by atoms with E-state index in [-0.39, 0.29) is 16.6 Å². The number of primary sulfonamides is 1. The first kappa shape index (κ1) is 15.7. The van der Waals surface area contributed by atoms with Crippen LogP contribution in [-0.4, -0.2) is 20.5 Å². The van der Waals surface area contributed by atoms with Gasteiger partial charge in [-0.1, -0.05) is 19.3 Å². The van der Waals surface area contributed by atoms with Gasteiger partial charge in [0.25, 0.3) is 0 Å². The van der Waals surface area contributed by atoms with Gasteiger partial charge in [0.05, 0.1) is 4.90 Å². The fourth-order valence-electron chi connectivity index (χ4n) is 2.40. The van der Waals surface area contributed by atoms with E-state index in [9.17, 15) is 17.6 Å². The Balaban J connectivity index is 2.05. The Bertz CT molecular complexity index is 628. The number of carbonyl (C=O) groups is 1. The normalized spacial score (nSPS) is 16.5. The van der Waals surface area contributed by atoms with Gasteiger partial charge in [-0.2, -0.15) is 0 Å². The average Bonchev–Trinajstić information content (AvgIpc) is 2.37. The van der Waals surface area contributed by atoms with E-state index in [0.717, 1.165) is 43.9 Å². The van der Waals surface area contributed by atoms with E-state index in [1.54, 1.807) is 0 Å². The number of benzene rings is 1. The molecule has 2 rings (SSSR count). The standard InChI is InChI=1S/C13H18FN3O3S/c14-9-6-11(8-12(7-9)21(15,19)20)17-13(18)16-10-4-2-1-3-5-10/h6-8,10H,1-5H2,(H2,15,19,20)(H2,16,17,18). The molecule has 1 fully saturated rings. The van der Waals surface area contributed by atoms with Gasteiger partial charge in [-0.3, -0.25) is 0 Å². The Labute approximate surface area is 123 Å². The van der Waals surface area contributed by atoms with Crippen LogP contribution in [0, 0.1) is 5.82 Å². The molecule has 0 heterocycles. The number of nitrogens with two attached hydrogens (primary N) is 1. The van der Waals surface area contributed by atoms with Gasteiger partial charge in [0, 0.05) is 11.7 Å². The Morgan fingerprint density at radius 3 is 2.48 bits per heavy atom. The molecule has 0 unspecified atom stereocenters. The molecule has 0 spiro atoms. The maximum absolute atomic E-state index is 13.4. The number of amides is 2. The van der Waals surface area contributed by atoms with E-state index < -0.39 is 21.9 Å². The van der Waals surface area contributed by atoms with Crippen LogP contribution < -0.4 is 15.8 Å². The second kappa shape index (κ2) is 6.40. The molecule has 1 aromatic carbocycles. The molecule has 0 bridgehead atoms. The number of urea groups is 1. The van der Waals surface area contributed by atoms with Crippen LogP contribution in [0.15, 0.2) is 23.1 Å². The highest BCUT2D eigenvalue weighted by Crippen LogP contribution is 2.19. The molecule has 0 atom stereocenters. The summed E-state index contributed by atoms with van der Waals surface area (Å²) in [6.07, 6.45) is 5.14. The van der Waals surface area contributed by atoms with Gasteiger partial charge in [0.2, 0.25) is 10.0 Å². The topological polar surface area (TPSA) is 101 Å². The van der Waals surface area contributed by atoms with E-state index >= 15 is 0 Å². The summed E-state index contributed by atoms with van der Waals surface area (Å²) >= 11 is 0. The number of nitrogens with one attached hydrogen (secondary N) is 2. The summed E-state index contributed by atoms with van der Waals surface area (Å²) in [6, 6.07) is 2.59. The summed E-state index contributed by atoms with van der Waals surface area (Å²) in [4.78, 5) is 11.4. The fraction of sp³-hybridized carbons (Fsp3) is 0.462. The van der Waals surface area contributed by atoms with Crippen molar-refractivity contribution >= 4 is 21.7 Å². The van der Waals surface area contributed by atoms with Gasteiger partial charge in [0.15, 0.2) is 0 Å². The van der Waals surface area contributed by atoms with Crippen molar-refractivity contribution in [3.05, 3.63) is 24.0 Å². The lowest BCUT2D eigenvalue weighted by atomic mass is 9.96. The summed E-state index contributed by atoms with van der Waals surface area (Å²) in [6.45, 7) is 0. The number of rotatable bonds is 3. The number of hydrogen-bond acceptors (Lipinski definition) is 3. The highest BCUT2D eigenvalue weighted by atomic mass is 32.2. The molecule has 6 nitrogen and oxygen atoms in total. The van der Waals surface area contributed by atoms with E-state index in [2.05, 4.69) is 10.6 Å². The lowest BCUT2D eigenvalue weighted by Gasteiger charge is -2.22. The molecule has 0 radical (unpaired) electrons. The highest BCUT2D eigenvalue weighted by Gasteiger charge is 2.17. The van der Waals surface area contributed by atoms with Crippen molar-refractivity contribution in [2.24, 2.45) is 5.14 Å². The smallest absolute Gasteiger partial charge is 0.319 e. The van der Waals surface area contributed by atoms with Crippen LogP contribution in [0.25, 0.3) is 0 Å². The summed E-state index contributed by atoms with van der Waals surface area (Å²) < 4.78 is 35.8. The van der Waals surface area contributed by atoms with E-state index in [1.807, 2.05) is 0 Å². The van der Waals surface area contributed by atoms with Crippen LogP contribution in [0.5, 0.6) is 0 Å². The first-order valence-corrected chi connectivity index (χ1v) is 8.30. The fourth-order valence-corrected chi connectivity index (χ4v) is 2.97. The first-order chi connectivity index (χ1) is 9.84. The van der Waals surface area contributed by atoms with Crippen molar-refractivity contribution in [3.63, 3.8) is 0 Å². The molecule has 1 aromatic rings. The molecule has 1 aliphatic carbocycles. The molecular weight excluding hydrogens is 297 g/mol. The molecule has 116 valence electrons. The molecular formula is C13H18FN3O3S. The minimum atomic E-state index is -4.02. The number of hydrogen-bond donors (Lipinski definition) is 3. The molecule has 0 aliphatic heterocycles. The zero-order valence-electron chi connectivity index (χ0n) is 11.4. The summed E-state index contributed by atoms with van der Waals surface area (Å²) in [5.41, 5.74) is 0.0485. The van der Waals surface area contributed by atoms with Crippen molar-refractivity contribution in [2.75, 3.05) is 5.32 Å². The van der Waals surface area contributed by atoms with Gasteiger partial charge in [-0.05, 0) is 31.0 Å². The van der Waals surface area contributed by atoms with Crippen LogP contribution in [-0.2, 0) is 10.0 Å². The Hall–Kier alpha value is -1.67. The monoisotopic (exact) mass is 315 g/mol. The summed E-state index contributed by atoms with van der Waals surface area (Å²) in [5, 5.41) is 10.2. The second-order valence-electron chi connectivity index (χ2n) is 5.15. The van der Waals surface area contributed by atoms with Crippen LogP contribution in [0.2, 0.25) is 0 Å². The van der Waals surface area contributed by atoms with Crippen molar-refractivity contribution in [2.45, 2.75) is 43.0 Å². The lowest BCUT2D eigenvalue weighted by molar-refractivity contribution is 0.244. The maximum atomic E-state index is 13.4. The van der Waals surface area contributed by atoms with Gasteiger partial charge >= 0.3 is 6.03 Å². The second-order valence-corrected chi connectivity index (χ2v) is 6.72. The third-order valence-corrected chi connectivity index (χ3v) is 4.29. The zero-order valence-corrected chi connectivity index (χ0v) is 12.2. The third-order valence-electron chi connectivity index (χ3n) is 3.40. The number of anilines is 1. The minimum absolute atomic E-state index is 0.0485. The first-order valence-electron chi connectivity index (χ1n) is 6.75. The van der Waals surface area contributed by atoms with Gasteiger partial charge in [-0.15, -0.1) is 0 Å². The van der Waals surface area contributed by atoms with E-state index in [1.165, 1.54) is 6.42 Å². The van der Waals surface area contributed by atoms with E-state index in [0.29, 0.717) is 0 Å².